The van der Waals surface area contributed by atoms with Crippen LogP contribution in [0.15, 0.2) is 22.7 Å². The first-order valence-electron chi connectivity index (χ1n) is 3.05. The van der Waals surface area contributed by atoms with Crippen LogP contribution in [-0.2, 0) is 4.43 Å². The Balaban J connectivity index is 3.07. The largest absolute Gasteiger partial charge is 0.0812 e. The van der Waals surface area contributed by atoms with Gasteiger partial charge in [0, 0.05) is 8.90 Å². The second kappa shape index (κ2) is 3.72. The molecule has 0 unspecified atom stereocenters. The van der Waals surface area contributed by atoms with E-state index in [4.69, 9.17) is 0 Å². The summed E-state index contributed by atoms with van der Waals surface area (Å²) in [4.78, 5) is 0. The predicted octanol–water partition coefficient (Wildman–Crippen LogP) is 3.69. The summed E-state index contributed by atoms with van der Waals surface area (Å²) in [6.45, 7) is 2.14. The van der Waals surface area contributed by atoms with Gasteiger partial charge >= 0.3 is 0 Å². The van der Waals surface area contributed by atoms with Crippen LogP contribution in [0.25, 0.3) is 0 Å². The van der Waals surface area contributed by atoms with Crippen molar-refractivity contribution in [2.24, 2.45) is 0 Å². The Kier molecular flexibility index (Phi) is 3.17. The Hall–Kier alpha value is 0.430. The van der Waals surface area contributed by atoms with Crippen LogP contribution in [0.2, 0.25) is 0 Å². The van der Waals surface area contributed by atoms with Crippen LogP contribution in [0, 0.1) is 6.92 Å². The molecule has 0 amide bonds. The minimum absolute atomic E-state index is 1.09. The zero-order valence-corrected chi connectivity index (χ0v) is 9.44. The normalized spacial score (nSPS) is 9.90. The molecule has 54 valence electrons. The van der Waals surface area contributed by atoms with Gasteiger partial charge in [-0.1, -0.05) is 44.6 Å². The Morgan fingerprint density at radius 1 is 1.50 bits per heavy atom. The van der Waals surface area contributed by atoms with Gasteiger partial charge in [0.2, 0.25) is 0 Å². The third-order valence-electron chi connectivity index (χ3n) is 1.45. The van der Waals surface area contributed by atoms with Gasteiger partial charge in [-0.2, -0.15) is 0 Å². The number of halogens is 2. The lowest BCUT2D eigenvalue weighted by molar-refractivity contribution is 1.32. The van der Waals surface area contributed by atoms with Crippen molar-refractivity contribution < 1.29 is 0 Å². The number of hydrogen-bond acceptors (Lipinski definition) is 0. The fraction of sp³-hybridized carbons (Fsp3) is 0.250. The molecule has 2 heteroatoms. The lowest BCUT2D eigenvalue weighted by atomic mass is 10.1. The van der Waals surface area contributed by atoms with Crippen molar-refractivity contribution in [2.75, 3.05) is 0 Å². The van der Waals surface area contributed by atoms with Gasteiger partial charge in [0.25, 0.3) is 0 Å². The fourth-order valence-corrected chi connectivity index (χ4v) is 2.14. The molecule has 1 aromatic carbocycles. The molecular formula is C8H8BrI. The molecule has 0 aliphatic carbocycles. The molecule has 0 saturated carbocycles. The molecule has 0 bridgehead atoms. The SMILES string of the molecule is Cc1cc(Br)ccc1CI. The number of benzene rings is 1. The Morgan fingerprint density at radius 2 is 2.20 bits per heavy atom. The highest BCUT2D eigenvalue weighted by Gasteiger charge is 1.94. The van der Waals surface area contributed by atoms with Crippen LogP contribution < -0.4 is 0 Å². The van der Waals surface area contributed by atoms with Gasteiger partial charge in [0.1, 0.15) is 0 Å². The van der Waals surface area contributed by atoms with Crippen LogP contribution in [0.4, 0.5) is 0 Å². The molecule has 0 aromatic heterocycles. The number of hydrogen-bond donors (Lipinski definition) is 0. The summed E-state index contributed by atoms with van der Waals surface area (Å²) in [6, 6.07) is 6.39. The highest BCUT2D eigenvalue weighted by Crippen LogP contribution is 2.17. The topological polar surface area (TPSA) is 0 Å². The Labute approximate surface area is 83.3 Å². The van der Waals surface area contributed by atoms with Gasteiger partial charge in [-0.05, 0) is 30.2 Å². The van der Waals surface area contributed by atoms with Gasteiger partial charge in [0.05, 0.1) is 0 Å². The molecule has 1 rings (SSSR count). The highest BCUT2D eigenvalue weighted by atomic mass is 127. The maximum atomic E-state index is 3.42. The Morgan fingerprint density at radius 3 is 2.70 bits per heavy atom. The standard InChI is InChI=1S/C8H8BrI/c1-6-4-8(9)3-2-7(6)5-10/h2-4H,5H2,1H3. The van der Waals surface area contributed by atoms with Crippen LogP contribution in [0.5, 0.6) is 0 Å². The summed E-state index contributed by atoms with van der Waals surface area (Å²) in [7, 11) is 0. The number of aryl methyl sites for hydroxylation is 1. The number of alkyl halides is 1. The van der Waals surface area contributed by atoms with Gasteiger partial charge in [-0.15, -0.1) is 0 Å². The fourth-order valence-electron chi connectivity index (χ4n) is 0.809. The molecular weight excluding hydrogens is 303 g/mol. The highest BCUT2D eigenvalue weighted by molar-refractivity contribution is 14.1. The van der Waals surface area contributed by atoms with E-state index in [0.717, 1.165) is 4.43 Å². The molecule has 0 N–H and O–H groups in total. The summed E-state index contributed by atoms with van der Waals surface area (Å²) < 4.78 is 2.26. The summed E-state index contributed by atoms with van der Waals surface area (Å²) in [6.07, 6.45) is 0. The van der Waals surface area contributed by atoms with Crippen molar-refractivity contribution in [3.63, 3.8) is 0 Å². The van der Waals surface area contributed by atoms with Crippen molar-refractivity contribution in [3.05, 3.63) is 33.8 Å². The van der Waals surface area contributed by atoms with E-state index in [0.29, 0.717) is 0 Å². The zero-order valence-electron chi connectivity index (χ0n) is 5.70. The minimum atomic E-state index is 1.09. The first-order chi connectivity index (χ1) is 4.74. The molecule has 0 spiro atoms. The maximum Gasteiger partial charge on any atom is 0.0249 e. The monoisotopic (exact) mass is 310 g/mol. The van der Waals surface area contributed by atoms with Gasteiger partial charge in [-0.3, -0.25) is 0 Å². The molecule has 0 saturated heterocycles. The third kappa shape index (κ3) is 1.95. The van der Waals surface area contributed by atoms with Crippen molar-refractivity contribution in [1.29, 1.82) is 0 Å². The second-order valence-electron chi connectivity index (χ2n) is 2.20. The van der Waals surface area contributed by atoms with E-state index in [9.17, 15) is 0 Å². The summed E-state index contributed by atoms with van der Waals surface area (Å²) in [5.41, 5.74) is 2.78. The zero-order chi connectivity index (χ0) is 7.56. The summed E-state index contributed by atoms with van der Waals surface area (Å²) >= 11 is 5.80. The molecule has 1 aromatic rings. The molecule has 0 radical (unpaired) electrons. The van der Waals surface area contributed by atoms with Crippen molar-refractivity contribution in [1.82, 2.24) is 0 Å². The molecule has 0 aliphatic heterocycles. The third-order valence-corrected chi connectivity index (χ3v) is 2.76. The van der Waals surface area contributed by atoms with Gasteiger partial charge in [-0.25, -0.2) is 0 Å². The van der Waals surface area contributed by atoms with Gasteiger partial charge < -0.3 is 0 Å². The molecule has 0 aliphatic rings. The van der Waals surface area contributed by atoms with Crippen LogP contribution in [0.1, 0.15) is 11.1 Å². The average molecular weight is 311 g/mol. The van der Waals surface area contributed by atoms with E-state index < -0.39 is 0 Å². The lowest BCUT2D eigenvalue weighted by Gasteiger charge is -2.00. The van der Waals surface area contributed by atoms with Crippen LogP contribution >= 0.6 is 38.5 Å². The van der Waals surface area contributed by atoms with Crippen LogP contribution in [-0.4, -0.2) is 0 Å². The van der Waals surface area contributed by atoms with Crippen LogP contribution in [0.3, 0.4) is 0 Å². The molecule has 10 heavy (non-hydrogen) atoms. The van der Waals surface area contributed by atoms with Crippen molar-refractivity contribution in [3.8, 4) is 0 Å². The van der Waals surface area contributed by atoms with E-state index >= 15 is 0 Å². The maximum absolute atomic E-state index is 3.42. The van der Waals surface area contributed by atoms with Gasteiger partial charge in [0.15, 0.2) is 0 Å². The summed E-state index contributed by atoms with van der Waals surface area (Å²) in [5.74, 6) is 0. The Bertz CT molecular complexity index is 233. The first kappa shape index (κ1) is 8.53. The van der Waals surface area contributed by atoms with Crippen molar-refractivity contribution in [2.45, 2.75) is 11.4 Å². The molecule has 0 heterocycles. The molecule has 0 fully saturated rings. The first-order valence-corrected chi connectivity index (χ1v) is 5.37. The number of rotatable bonds is 1. The van der Waals surface area contributed by atoms with E-state index in [2.05, 4.69) is 63.6 Å². The quantitative estimate of drug-likeness (QED) is 0.548. The second-order valence-corrected chi connectivity index (χ2v) is 3.88. The van der Waals surface area contributed by atoms with E-state index in [-0.39, 0.29) is 0 Å². The van der Waals surface area contributed by atoms with E-state index in [1.54, 1.807) is 0 Å². The van der Waals surface area contributed by atoms with E-state index in [1.165, 1.54) is 15.6 Å². The smallest absolute Gasteiger partial charge is 0.0249 e. The average Bonchev–Trinajstić information content (AvgIpc) is 1.88. The minimum Gasteiger partial charge on any atom is -0.0812 e. The summed E-state index contributed by atoms with van der Waals surface area (Å²) in [5, 5.41) is 0. The van der Waals surface area contributed by atoms with E-state index in [1.807, 2.05) is 0 Å². The molecule has 0 atom stereocenters. The van der Waals surface area contributed by atoms with Crippen molar-refractivity contribution >= 4 is 38.5 Å². The molecule has 0 nitrogen and oxygen atoms in total. The lowest BCUT2D eigenvalue weighted by Crippen LogP contribution is -1.82. The predicted molar refractivity (Wildman–Crippen MR) is 56.6 cm³/mol.